The molecule has 0 unspecified atom stereocenters. The van der Waals surface area contributed by atoms with Crippen LogP contribution in [0.3, 0.4) is 0 Å². The van der Waals surface area contributed by atoms with Crippen LogP contribution < -0.4 is 4.74 Å². The molecule has 0 aliphatic carbocycles. The Bertz CT molecular complexity index is 430. The monoisotopic (exact) mass is 228 g/mol. The molecule has 0 fully saturated rings. The Morgan fingerprint density at radius 3 is 2.71 bits per heavy atom. The van der Waals surface area contributed by atoms with Crippen molar-refractivity contribution in [3.63, 3.8) is 0 Å². The van der Waals surface area contributed by atoms with E-state index in [2.05, 4.69) is 19.6 Å². The fourth-order valence-corrected chi connectivity index (χ4v) is 1.46. The maximum absolute atomic E-state index is 5.64. The largest absolute Gasteiger partial charge is 0.480 e. The minimum Gasteiger partial charge on any atom is -0.480 e. The third kappa shape index (κ3) is 1.80. The molecule has 2 aromatic rings. The highest BCUT2D eigenvalue weighted by Crippen LogP contribution is 2.19. The van der Waals surface area contributed by atoms with Crippen molar-refractivity contribution in [3.05, 3.63) is 16.6 Å². The molecule has 0 radical (unpaired) electrons. The van der Waals surface area contributed by atoms with Gasteiger partial charge < -0.3 is 4.74 Å². The highest BCUT2D eigenvalue weighted by molar-refractivity contribution is 7.10. The molecule has 0 spiro atoms. The molecule has 2 heterocycles. The molecule has 72 valence electrons. The van der Waals surface area contributed by atoms with Crippen LogP contribution in [-0.2, 0) is 0 Å². The zero-order chi connectivity index (χ0) is 9.97. The normalized spacial score (nSPS) is 10.1. The van der Waals surface area contributed by atoms with Crippen molar-refractivity contribution in [2.75, 3.05) is 7.11 Å². The van der Waals surface area contributed by atoms with Crippen molar-refractivity contribution in [2.45, 2.75) is 0 Å². The van der Waals surface area contributed by atoms with Gasteiger partial charge in [0, 0.05) is 6.07 Å². The first-order valence-corrected chi connectivity index (χ1v) is 4.82. The third-order valence-electron chi connectivity index (χ3n) is 1.48. The third-order valence-corrected chi connectivity index (χ3v) is 2.28. The second kappa shape index (κ2) is 3.85. The van der Waals surface area contributed by atoms with Gasteiger partial charge in [-0.25, -0.2) is 4.98 Å². The fraction of sp³-hybridized carbons (Fsp3) is 0.143. The minimum absolute atomic E-state index is 0.387. The summed E-state index contributed by atoms with van der Waals surface area (Å²) in [6.07, 6.45) is 0. The minimum atomic E-state index is 0.387. The molecule has 0 aliphatic rings. The number of methoxy groups -OCH3 is 1. The molecule has 2 rings (SSSR count). The summed E-state index contributed by atoms with van der Waals surface area (Å²) < 4.78 is 9.26. The highest BCUT2D eigenvalue weighted by Gasteiger charge is 2.06. The lowest BCUT2D eigenvalue weighted by molar-refractivity contribution is 0.392. The van der Waals surface area contributed by atoms with Gasteiger partial charge in [-0.2, -0.15) is 4.37 Å². The molecular weight excluding hydrogens is 224 g/mol. The predicted molar refractivity (Wildman–Crippen MR) is 52.5 cm³/mol. The van der Waals surface area contributed by atoms with Crippen LogP contribution in [0.4, 0.5) is 0 Å². The van der Waals surface area contributed by atoms with Gasteiger partial charge in [-0.3, -0.25) is 0 Å². The molecule has 5 nitrogen and oxygen atoms in total. The van der Waals surface area contributed by atoms with Crippen LogP contribution in [-0.4, -0.2) is 26.7 Å². The summed E-state index contributed by atoms with van der Waals surface area (Å²) in [6.45, 7) is 0. The van der Waals surface area contributed by atoms with Crippen molar-refractivity contribution in [3.8, 4) is 17.4 Å². The molecule has 0 aliphatic heterocycles. The van der Waals surface area contributed by atoms with Gasteiger partial charge in [0.2, 0.25) is 10.3 Å². The summed E-state index contributed by atoms with van der Waals surface area (Å²) in [7, 11) is 1.53. The topological polar surface area (TPSA) is 60.8 Å². The SMILES string of the molecule is COc1ccc(-c2nsc(Cl)n2)nn1. The second-order valence-electron chi connectivity index (χ2n) is 2.33. The maximum atomic E-state index is 5.64. The first-order valence-electron chi connectivity index (χ1n) is 3.67. The Kier molecular flexibility index (Phi) is 2.55. The zero-order valence-corrected chi connectivity index (χ0v) is 8.71. The molecule has 0 saturated carbocycles. The van der Waals surface area contributed by atoms with Gasteiger partial charge in [-0.1, -0.05) is 0 Å². The van der Waals surface area contributed by atoms with Crippen LogP contribution in [0.5, 0.6) is 5.88 Å². The summed E-state index contributed by atoms with van der Waals surface area (Å²) >= 11 is 6.76. The molecule has 0 bridgehead atoms. The van der Waals surface area contributed by atoms with E-state index in [1.165, 1.54) is 7.11 Å². The molecule has 2 aromatic heterocycles. The average molecular weight is 229 g/mol. The molecule has 0 N–H and O–H groups in total. The summed E-state index contributed by atoms with van der Waals surface area (Å²) in [5, 5.41) is 7.67. The second-order valence-corrected chi connectivity index (χ2v) is 3.67. The Morgan fingerprint density at radius 1 is 1.36 bits per heavy atom. The van der Waals surface area contributed by atoms with E-state index in [0.29, 0.717) is 21.9 Å². The Morgan fingerprint density at radius 2 is 2.21 bits per heavy atom. The quantitative estimate of drug-likeness (QED) is 0.782. The molecule has 0 atom stereocenters. The smallest absolute Gasteiger partial charge is 0.233 e. The van der Waals surface area contributed by atoms with Crippen LogP contribution in [0.2, 0.25) is 4.47 Å². The lowest BCUT2D eigenvalue weighted by Crippen LogP contribution is -1.92. The molecule has 7 heteroatoms. The number of hydrogen-bond donors (Lipinski definition) is 0. The van der Waals surface area contributed by atoms with Gasteiger partial charge in [-0.05, 0) is 29.2 Å². The van der Waals surface area contributed by atoms with E-state index in [1.54, 1.807) is 12.1 Å². The molecular formula is C7H5ClN4OS. The van der Waals surface area contributed by atoms with Gasteiger partial charge in [0.25, 0.3) is 0 Å². The van der Waals surface area contributed by atoms with Gasteiger partial charge >= 0.3 is 0 Å². The Labute approximate surface area is 88.9 Å². The number of ether oxygens (including phenoxy) is 1. The first-order chi connectivity index (χ1) is 6.79. The predicted octanol–water partition coefficient (Wildman–Crippen LogP) is 1.66. The van der Waals surface area contributed by atoms with E-state index >= 15 is 0 Å². The summed E-state index contributed by atoms with van der Waals surface area (Å²) in [6, 6.07) is 3.42. The highest BCUT2D eigenvalue weighted by atomic mass is 35.5. The van der Waals surface area contributed by atoms with E-state index in [1.807, 2.05) is 0 Å². The number of halogens is 1. The first kappa shape index (κ1) is 9.29. The maximum Gasteiger partial charge on any atom is 0.233 e. The van der Waals surface area contributed by atoms with Gasteiger partial charge in [0.05, 0.1) is 7.11 Å². The fourth-order valence-electron chi connectivity index (χ4n) is 0.857. The van der Waals surface area contributed by atoms with Crippen LogP contribution in [0.1, 0.15) is 0 Å². The zero-order valence-electron chi connectivity index (χ0n) is 7.14. The summed E-state index contributed by atoms with van der Waals surface area (Å²) in [5.41, 5.74) is 0.578. The molecule has 14 heavy (non-hydrogen) atoms. The lowest BCUT2D eigenvalue weighted by atomic mass is 10.4. The van der Waals surface area contributed by atoms with Crippen molar-refractivity contribution in [2.24, 2.45) is 0 Å². The molecule has 0 amide bonds. The number of rotatable bonds is 2. The van der Waals surface area contributed by atoms with E-state index in [0.717, 1.165) is 11.5 Å². The van der Waals surface area contributed by atoms with E-state index in [-0.39, 0.29) is 0 Å². The Hall–Kier alpha value is -1.27. The summed E-state index contributed by atoms with van der Waals surface area (Å²) in [4.78, 5) is 3.97. The van der Waals surface area contributed by atoms with Gasteiger partial charge in [0.1, 0.15) is 5.69 Å². The van der Waals surface area contributed by atoms with Crippen LogP contribution in [0.25, 0.3) is 11.5 Å². The lowest BCUT2D eigenvalue weighted by Gasteiger charge is -1.96. The standard InChI is InChI=1S/C7H5ClN4OS/c1-13-5-3-2-4(10-11-5)6-9-7(8)14-12-6/h2-3H,1H3. The van der Waals surface area contributed by atoms with E-state index < -0.39 is 0 Å². The van der Waals surface area contributed by atoms with Crippen LogP contribution >= 0.6 is 23.1 Å². The van der Waals surface area contributed by atoms with Crippen molar-refractivity contribution < 1.29 is 4.74 Å². The number of hydrogen-bond acceptors (Lipinski definition) is 6. The van der Waals surface area contributed by atoms with Crippen LogP contribution in [0.15, 0.2) is 12.1 Å². The summed E-state index contributed by atoms with van der Waals surface area (Å²) in [5.74, 6) is 0.935. The van der Waals surface area contributed by atoms with E-state index in [9.17, 15) is 0 Å². The molecule has 0 saturated heterocycles. The molecule has 0 aromatic carbocycles. The average Bonchev–Trinajstić information content (AvgIpc) is 2.65. The van der Waals surface area contributed by atoms with E-state index in [4.69, 9.17) is 16.3 Å². The Balaban J connectivity index is 2.33. The van der Waals surface area contributed by atoms with Crippen molar-refractivity contribution in [1.82, 2.24) is 19.6 Å². The van der Waals surface area contributed by atoms with Gasteiger partial charge in [-0.15, -0.1) is 10.2 Å². The van der Waals surface area contributed by atoms with Crippen molar-refractivity contribution >= 4 is 23.1 Å². The van der Waals surface area contributed by atoms with Gasteiger partial charge in [0.15, 0.2) is 5.82 Å². The van der Waals surface area contributed by atoms with Crippen molar-refractivity contribution in [1.29, 1.82) is 0 Å². The number of nitrogens with zero attached hydrogens (tertiary/aromatic N) is 4. The van der Waals surface area contributed by atoms with Crippen LogP contribution in [0, 0.1) is 0 Å². The number of aromatic nitrogens is 4.